The van der Waals surface area contributed by atoms with Crippen molar-refractivity contribution in [2.24, 2.45) is 5.92 Å². The first kappa shape index (κ1) is 12.5. The van der Waals surface area contributed by atoms with Crippen molar-refractivity contribution in [2.45, 2.75) is 23.5 Å². The van der Waals surface area contributed by atoms with Crippen LogP contribution in [0.15, 0.2) is 29.2 Å². The molecule has 0 radical (unpaired) electrons. The first-order valence-corrected chi connectivity index (χ1v) is 6.89. The number of hydrogen-bond acceptors (Lipinski definition) is 3. The summed E-state index contributed by atoms with van der Waals surface area (Å²) in [4.78, 5) is 3.71. The molecule has 2 rings (SSSR count). The largest absolute Gasteiger partial charge is 0.304 e. The van der Waals surface area contributed by atoms with Gasteiger partial charge in [0.15, 0.2) is 0 Å². The molecule has 0 aliphatic carbocycles. The number of nitrogens with zero attached hydrogens (tertiary/aromatic N) is 2. The van der Waals surface area contributed by atoms with E-state index in [1.807, 2.05) is 18.7 Å². The van der Waals surface area contributed by atoms with Crippen LogP contribution >= 0.6 is 11.8 Å². The standard InChI is InChI=1S/C14H18N2S/c1-11(8-15)9-16(2)10-13-7-12-5-3-4-6-14(12)17-13/h3-6,11,13H,7,9-10H2,1-2H3. The number of nitriles is 1. The van der Waals surface area contributed by atoms with Crippen LogP contribution in [0.4, 0.5) is 0 Å². The van der Waals surface area contributed by atoms with Crippen LogP contribution in [0.1, 0.15) is 12.5 Å². The summed E-state index contributed by atoms with van der Waals surface area (Å²) in [5, 5.41) is 9.45. The van der Waals surface area contributed by atoms with Crippen molar-refractivity contribution in [1.29, 1.82) is 5.26 Å². The number of thioether (sulfide) groups is 1. The van der Waals surface area contributed by atoms with E-state index >= 15 is 0 Å². The topological polar surface area (TPSA) is 27.0 Å². The van der Waals surface area contributed by atoms with Gasteiger partial charge in [0, 0.05) is 23.2 Å². The van der Waals surface area contributed by atoms with Gasteiger partial charge in [0.1, 0.15) is 0 Å². The van der Waals surface area contributed by atoms with Gasteiger partial charge in [0.05, 0.1) is 12.0 Å². The van der Waals surface area contributed by atoms with Crippen molar-refractivity contribution in [2.75, 3.05) is 20.1 Å². The second kappa shape index (κ2) is 5.57. The molecule has 90 valence electrons. The Bertz CT molecular complexity index is 399. The van der Waals surface area contributed by atoms with Crippen LogP contribution in [-0.2, 0) is 6.42 Å². The third kappa shape index (κ3) is 3.24. The van der Waals surface area contributed by atoms with Gasteiger partial charge in [-0.15, -0.1) is 11.8 Å². The summed E-state index contributed by atoms with van der Waals surface area (Å²) in [5.74, 6) is 0.119. The lowest BCUT2D eigenvalue weighted by Crippen LogP contribution is -2.30. The van der Waals surface area contributed by atoms with Crippen molar-refractivity contribution in [3.8, 4) is 6.07 Å². The highest BCUT2D eigenvalue weighted by Crippen LogP contribution is 2.36. The van der Waals surface area contributed by atoms with Crippen LogP contribution in [-0.4, -0.2) is 30.3 Å². The highest BCUT2D eigenvalue weighted by molar-refractivity contribution is 8.00. The van der Waals surface area contributed by atoms with Gasteiger partial charge in [-0.2, -0.15) is 5.26 Å². The van der Waals surface area contributed by atoms with Crippen molar-refractivity contribution in [3.63, 3.8) is 0 Å². The van der Waals surface area contributed by atoms with Crippen LogP contribution in [0.2, 0.25) is 0 Å². The van der Waals surface area contributed by atoms with E-state index in [0.29, 0.717) is 5.25 Å². The fourth-order valence-electron chi connectivity index (χ4n) is 2.29. The maximum Gasteiger partial charge on any atom is 0.0666 e. The average Bonchev–Trinajstić information content (AvgIpc) is 2.70. The van der Waals surface area contributed by atoms with E-state index in [1.54, 1.807) is 0 Å². The van der Waals surface area contributed by atoms with E-state index in [2.05, 4.69) is 42.3 Å². The third-order valence-corrected chi connectivity index (χ3v) is 4.34. The average molecular weight is 246 g/mol. The van der Waals surface area contributed by atoms with Crippen LogP contribution in [0.3, 0.4) is 0 Å². The fraction of sp³-hybridized carbons (Fsp3) is 0.500. The second-order valence-electron chi connectivity index (χ2n) is 4.80. The van der Waals surface area contributed by atoms with E-state index in [0.717, 1.165) is 19.5 Å². The highest BCUT2D eigenvalue weighted by atomic mass is 32.2. The zero-order chi connectivity index (χ0) is 12.3. The molecule has 1 aliphatic rings. The Hall–Kier alpha value is -0.980. The Morgan fingerprint density at radius 2 is 2.29 bits per heavy atom. The number of rotatable bonds is 4. The summed E-state index contributed by atoms with van der Waals surface area (Å²) < 4.78 is 0. The maximum atomic E-state index is 8.80. The van der Waals surface area contributed by atoms with E-state index in [4.69, 9.17) is 5.26 Å². The molecule has 2 unspecified atom stereocenters. The summed E-state index contributed by atoms with van der Waals surface area (Å²) in [7, 11) is 2.11. The molecule has 2 atom stereocenters. The summed E-state index contributed by atoms with van der Waals surface area (Å²) >= 11 is 1.97. The molecule has 0 fully saturated rings. The summed E-state index contributed by atoms with van der Waals surface area (Å²) in [6.07, 6.45) is 1.16. The maximum absolute atomic E-state index is 8.80. The molecule has 0 saturated carbocycles. The zero-order valence-electron chi connectivity index (χ0n) is 10.4. The van der Waals surface area contributed by atoms with Gasteiger partial charge in [0.2, 0.25) is 0 Å². The minimum Gasteiger partial charge on any atom is -0.304 e. The molecule has 1 aliphatic heterocycles. The van der Waals surface area contributed by atoms with Gasteiger partial charge in [0.25, 0.3) is 0 Å². The van der Waals surface area contributed by atoms with Gasteiger partial charge >= 0.3 is 0 Å². The molecule has 0 spiro atoms. The third-order valence-electron chi connectivity index (χ3n) is 3.04. The summed E-state index contributed by atoms with van der Waals surface area (Å²) in [5.41, 5.74) is 1.48. The van der Waals surface area contributed by atoms with E-state index in [1.165, 1.54) is 10.5 Å². The summed E-state index contributed by atoms with van der Waals surface area (Å²) in [6.45, 7) is 3.91. The van der Waals surface area contributed by atoms with Gasteiger partial charge in [-0.1, -0.05) is 18.2 Å². The fourth-order valence-corrected chi connectivity index (χ4v) is 3.70. The number of benzene rings is 1. The van der Waals surface area contributed by atoms with Gasteiger partial charge in [-0.25, -0.2) is 0 Å². The van der Waals surface area contributed by atoms with E-state index in [9.17, 15) is 0 Å². The monoisotopic (exact) mass is 246 g/mol. The molecule has 1 aromatic rings. The Morgan fingerprint density at radius 1 is 1.53 bits per heavy atom. The first-order chi connectivity index (χ1) is 8.19. The molecule has 0 aromatic heterocycles. The molecule has 0 bridgehead atoms. The van der Waals surface area contributed by atoms with Crippen molar-refractivity contribution >= 4 is 11.8 Å². The Labute approximate surface area is 108 Å². The van der Waals surface area contributed by atoms with Gasteiger partial charge in [-0.05, 0) is 32.0 Å². The minimum absolute atomic E-state index is 0.119. The lowest BCUT2D eigenvalue weighted by atomic mass is 10.1. The van der Waals surface area contributed by atoms with Crippen molar-refractivity contribution in [1.82, 2.24) is 4.90 Å². The highest BCUT2D eigenvalue weighted by Gasteiger charge is 2.23. The quantitative estimate of drug-likeness (QED) is 0.817. The van der Waals surface area contributed by atoms with Crippen molar-refractivity contribution in [3.05, 3.63) is 29.8 Å². The van der Waals surface area contributed by atoms with Crippen LogP contribution in [0.25, 0.3) is 0 Å². The lowest BCUT2D eigenvalue weighted by Gasteiger charge is -2.21. The number of fused-ring (bicyclic) bond motifs is 1. The van der Waals surface area contributed by atoms with E-state index < -0.39 is 0 Å². The molecule has 3 heteroatoms. The SMILES string of the molecule is CC(C#N)CN(C)CC1Cc2ccccc2S1. The molecule has 2 nitrogen and oxygen atoms in total. The molecule has 0 saturated heterocycles. The van der Waals surface area contributed by atoms with Gasteiger partial charge in [-0.3, -0.25) is 0 Å². The molecule has 17 heavy (non-hydrogen) atoms. The molecule has 0 amide bonds. The molecular formula is C14H18N2S. The van der Waals surface area contributed by atoms with Gasteiger partial charge < -0.3 is 4.90 Å². The molecular weight excluding hydrogens is 228 g/mol. The lowest BCUT2D eigenvalue weighted by molar-refractivity contribution is 0.311. The van der Waals surface area contributed by atoms with Crippen LogP contribution in [0, 0.1) is 17.2 Å². The Morgan fingerprint density at radius 3 is 3.00 bits per heavy atom. The van der Waals surface area contributed by atoms with E-state index in [-0.39, 0.29) is 5.92 Å². The first-order valence-electron chi connectivity index (χ1n) is 6.01. The van der Waals surface area contributed by atoms with Crippen molar-refractivity contribution < 1.29 is 0 Å². The smallest absolute Gasteiger partial charge is 0.0666 e. The molecule has 1 heterocycles. The Balaban J connectivity index is 1.86. The second-order valence-corrected chi connectivity index (χ2v) is 6.15. The predicted molar refractivity (Wildman–Crippen MR) is 72.1 cm³/mol. The van der Waals surface area contributed by atoms with Crippen LogP contribution < -0.4 is 0 Å². The zero-order valence-corrected chi connectivity index (χ0v) is 11.2. The Kier molecular flexibility index (Phi) is 4.09. The minimum atomic E-state index is 0.119. The predicted octanol–water partition coefficient (Wildman–Crippen LogP) is 2.79. The summed E-state index contributed by atoms with van der Waals surface area (Å²) in [6, 6.07) is 10.9. The normalized spacial score (nSPS) is 20.0. The molecule has 1 aromatic carbocycles. The number of hydrogen-bond donors (Lipinski definition) is 0. The molecule has 0 N–H and O–H groups in total. The van der Waals surface area contributed by atoms with Crippen LogP contribution in [0.5, 0.6) is 0 Å².